The van der Waals surface area contributed by atoms with Gasteiger partial charge < -0.3 is 10.6 Å². The van der Waals surface area contributed by atoms with E-state index in [9.17, 15) is 0 Å². The summed E-state index contributed by atoms with van der Waals surface area (Å²) in [5.74, 6) is 1.39. The minimum atomic E-state index is 0.0916. The molecule has 2 rings (SSSR count). The van der Waals surface area contributed by atoms with Crippen molar-refractivity contribution < 1.29 is 0 Å². The topological polar surface area (TPSA) is 49.8 Å². The number of halogens is 2. The third-order valence-corrected chi connectivity index (χ3v) is 3.79. The van der Waals surface area contributed by atoms with Crippen molar-refractivity contribution in [3.63, 3.8) is 0 Å². The monoisotopic (exact) mass is 368 g/mol. The Hall–Kier alpha value is -1.33. The largest absolute Gasteiger partial charge is 0.362 e. The average Bonchev–Trinajstić information content (AvgIpc) is 2.48. The van der Waals surface area contributed by atoms with Gasteiger partial charge in [0.15, 0.2) is 0 Å². The summed E-state index contributed by atoms with van der Waals surface area (Å²) in [6.07, 6.45) is 2.78. The Balaban J connectivity index is 2.14. The lowest BCUT2D eigenvalue weighted by molar-refractivity contribution is 0.867. The summed E-state index contributed by atoms with van der Waals surface area (Å²) in [7, 11) is 0. The molecule has 1 atom stereocenters. The molecule has 1 aromatic carbocycles. The fraction of sp³-hybridized carbons (Fsp3) is 0.333. The van der Waals surface area contributed by atoms with E-state index in [-0.39, 0.29) is 6.04 Å². The number of aromatic nitrogens is 2. The molecule has 0 fully saturated rings. The van der Waals surface area contributed by atoms with Crippen LogP contribution in [0.3, 0.4) is 0 Å². The molecule has 1 aromatic heterocycles. The van der Waals surface area contributed by atoms with Gasteiger partial charge in [-0.15, -0.1) is 0 Å². The van der Waals surface area contributed by atoms with Crippen LogP contribution in [-0.4, -0.2) is 16.5 Å². The summed E-state index contributed by atoms with van der Waals surface area (Å²) in [5.41, 5.74) is 1.11. The molecule has 0 bridgehead atoms. The fourth-order valence-electron chi connectivity index (χ4n) is 1.85. The molecular formula is C15H18BrClN4. The highest BCUT2D eigenvalue weighted by atomic mass is 79.9. The van der Waals surface area contributed by atoms with Crippen LogP contribution in [0.1, 0.15) is 31.9 Å². The van der Waals surface area contributed by atoms with Crippen molar-refractivity contribution in [2.45, 2.75) is 26.3 Å². The van der Waals surface area contributed by atoms with E-state index >= 15 is 0 Å². The quantitative estimate of drug-likeness (QED) is 0.761. The Labute approximate surface area is 138 Å². The van der Waals surface area contributed by atoms with Gasteiger partial charge in [0.2, 0.25) is 5.95 Å². The van der Waals surface area contributed by atoms with Gasteiger partial charge in [0, 0.05) is 17.8 Å². The number of rotatable bonds is 6. The molecule has 0 radical (unpaired) electrons. The van der Waals surface area contributed by atoms with E-state index < -0.39 is 0 Å². The lowest BCUT2D eigenvalue weighted by Crippen LogP contribution is -2.11. The molecule has 0 aliphatic rings. The molecule has 2 aromatic rings. The second-order valence-electron chi connectivity index (χ2n) is 4.74. The highest BCUT2D eigenvalue weighted by Crippen LogP contribution is 2.26. The van der Waals surface area contributed by atoms with E-state index in [1.807, 2.05) is 24.3 Å². The minimum Gasteiger partial charge on any atom is -0.362 e. The van der Waals surface area contributed by atoms with Gasteiger partial charge in [-0.25, -0.2) is 4.98 Å². The van der Waals surface area contributed by atoms with E-state index in [2.05, 4.69) is 50.4 Å². The minimum absolute atomic E-state index is 0.0916. The Morgan fingerprint density at radius 1 is 1.38 bits per heavy atom. The molecule has 0 saturated heterocycles. The van der Waals surface area contributed by atoms with E-state index in [0.717, 1.165) is 33.8 Å². The van der Waals surface area contributed by atoms with Gasteiger partial charge in [-0.2, -0.15) is 4.98 Å². The van der Waals surface area contributed by atoms with Crippen molar-refractivity contribution in [1.29, 1.82) is 0 Å². The Kier molecular flexibility index (Phi) is 5.82. The predicted molar refractivity (Wildman–Crippen MR) is 92.0 cm³/mol. The van der Waals surface area contributed by atoms with Gasteiger partial charge in [-0.05, 0) is 47.0 Å². The van der Waals surface area contributed by atoms with E-state index in [1.54, 1.807) is 6.20 Å². The first-order chi connectivity index (χ1) is 10.1. The van der Waals surface area contributed by atoms with Crippen molar-refractivity contribution in [2.75, 3.05) is 17.2 Å². The van der Waals surface area contributed by atoms with Crippen LogP contribution in [0, 0.1) is 0 Å². The lowest BCUT2D eigenvalue weighted by Gasteiger charge is -2.17. The first-order valence-electron chi connectivity index (χ1n) is 6.88. The van der Waals surface area contributed by atoms with Crippen LogP contribution >= 0.6 is 27.5 Å². The molecule has 0 aliphatic heterocycles. The Morgan fingerprint density at radius 3 is 2.90 bits per heavy atom. The zero-order chi connectivity index (χ0) is 15.2. The predicted octanol–water partition coefficient (Wildman–Crippen LogP) is 4.89. The molecule has 1 unspecified atom stereocenters. The highest BCUT2D eigenvalue weighted by molar-refractivity contribution is 9.10. The molecule has 2 N–H and O–H groups in total. The van der Waals surface area contributed by atoms with Gasteiger partial charge in [0.1, 0.15) is 5.82 Å². The molecule has 0 aliphatic carbocycles. The second kappa shape index (κ2) is 7.61. The van der Waals surface area contributed by atoms with E-state index in [1.165, 1.54) is 0 Å². The lowest BCUT2D eigenvalue weighted by atomic mass is 10.1. The molecule has 112 valence electrons. The smallest absolute Gasteiger partial charge is 0.224 e. The maximum atomic E-state index is 6.03. The zero-order valence-electron chi connectivity index (χ0n) is 12.0. The zero-order valence-corrected chi connectivity index (χ0v) is 14.4. The van der Waals surface area contributed by atoms with E-state index in [4.69, 9.17) is 11.6 Å². The van der Waals surface area contributed by atoms with Crippen LogP contribution in [0.25, 0.3) is 0 Å². The first-order valence-corrected chi connectivity index (χ1v) is 8.05. The summed E-state index contributed by atoms with van der Waals surface area (Å²) in [4.78, 5) is 8.72. The summed E-state index contributed by atoms with van der Waals surface area (Å²) < 4.78 is 0.832. The number of anilines is 2. The van der Waals surface area contributed by atoms with Crippen molar-refractivity contribution in [3.05, 3.63) is 45.5 Å². The van der Waals surface area contributed by atoms with Crippen LogP contribution in [-0.2, 0) is 0 Å². The average molecular weight is 370 g/mol. The molecule has 0 saturated carbocycles. The van der Waals surface area contributed by atoms with Crippen molar-refractivity contribution >= 4 is 39.3 Å². The summed E-state index contributed by atoms with van der Waals surface area (Å²) in [5, 5.41) is 7.28. The maximum Gasteiger partial charge on any atom is 0.224 e. The molecular weight excluding hydrogens is 352 g/mol. The molecule has 0 amide bonds. The fourth-order valence-corrected chi connectivity index (χ4v) is 2.36. The molecule has 6 heteroatoms. The Bertz CT molecular complexity index is 606. The van der Waals surface area contributed by atoms with Crippen molar-refractivity contribution in [1.82, 2.24) is 9.97 Å². The van der Waals surface area contributed by atoms with Gasteiger partial charge in [0.05, 0.1) is 10.5 Å². The third-order valence-electron chi connectivity index (χ3n) is 2.98. The second-order valence-corrected chi connectivity index (χ2v) is 6.03. The normalized spacial score (nSPS) is 12.0. The number of nitrogens with zero attached hydrogens (tertiary/aromatic N) is 2. The summed E-state index contributed by atoms with van der Waals surface area (Å²) in [6.45, 7) is 5.02. The number of benzene rings is 1. The van der Waals surface area contributed by atoms with Gasteiger partial charge in [0.25, 0.3) is 0 Å². The summed E-state index contributed by atoms with van der Waals surface area (Å²) in [6, 6.07) is 7.89. The third kappa shape index (κ3) is 4.58. The van der Waals surface area contributed by atoms with Crippen LogP contribution in [0.2, 0.25) is 5.02 Å². The SMILES string of the molecule is CCCNc1ncc(Br)c(NC(C)c2cccc(Cl)c2)n1. The maximum absolute atomic E-state index is 6.03. The Morgan fingerprint density at radius 2 is 2.19 bits per heavy atom. The van der Waals surface area contributed by atoms with Gasteiger partial charge in [-0.3, -0.25) is 0 Å². The number of nitrogens with one attached hydrogen (secondary N) is 2. The molecule has 0 spiro atoms. The number of hydrogen-bond acceptors (Lipinski definition) is 4. The van der Waals surface area contributed by atoms with Crippen LogP contribution < -0.4 is 10.6 Å². The van der Waals surface area contributed by atoms with Crippen molar-refractivity contribution in [3.8, 4) is 0 Å². The van der Waals surface area contributed by atoms with Gasteiger partial charge >= 0.3 is 0 Å². The molecule has 4 nitrogen and oxygen atoms in total. The highest BCUT2D eigenvalue weighted by Gasteiger charge is 2.10. The van der Waals surface area contributed by atoms with Crippen LogP contribution in [0.15, 0.2) is 34.9 Å². The first kappa shape index (κ1) is 16.0. The van der Waals surface area contributed by atoms with E-state index in [0.29, 0.717) is 5.95 Å². The van der Waals surface area contributed by atoms with Gasteiger partial charge in [-0.1, -0.05) is 30.7 Å². The standard InChI is InChI=1S/C15H18BrClN4/c1-3-7-18-15-19-9-13(16)14(21-15)20-10(2)11-5-4-6-12(17)8-11/h4-6,8-10H,3,7H2,1-2H3,(H2,18,19,20,21). The summed E-state index contributed by atoms with van der Waals surface area (Å²) >= 11 is 9.51. The molecule has 1 heterocycles. The number of hydrogen-bond donors (Lipinski definition) is 2. The van der Waals surface area contributed by atoms with Crippen LogP contribution in [0.4, 0.5) is 11.8 Å². The van der Waals surface area contributed by atoms with Crippen LogP contribution in [0.5, 0.6) is 0 Å². The van der Waals surface area contributed by atoms with Crippen molar-refractivity contribution in [2.24, 2.45) is 0 Å². The molecule has 21 heavy (non-hydrogen) atoms.